The second-order valence-electron chi connectivity index (χ2n) is 9.69. The summed E-state index contributed by atoms with van der Waals surface area (Å²) in [6.07, 6.45) is -16.5. The Labute approximate surface area is 250 Å². The molecule has 2 aliphatic heterocycles. The highest BCUT2D eigenvalue weighted by molar-refractivity contribution is 7.80. The maximum absolute atomic E-state index is 10.9. The van der Waals surface area contributed by atoms with Crippen molar-refractivity contribution in [2.45, 2.75) is 98.2 Å². The van der Waals surface area contributed by atoms with Gasteiger partial charge in [-0.3, -0.25) is 18.2 Å². The van der Waals surface area contributed by atoms with Gasteiger partial charge >= 0.3 is 20.8 Å². The Hall–Kier alpha value is -0.900. The minimum absolute atomic E-state index is 0. The lowest BCUT2D eigenvalue weighted by Crippen LogP contribution is -2.68. The third-order valence-corrected chi connectivity index (χ3v) is 6.48. The van der Waals surface area contributed by atoms with Crippen molar-refractivity contribution in [2.24, 2.45) is 22.9 Å². The van der Waals surface area contributed by atoms with Crippen LogP contribution in [-0.2, 0) is 39.7 Å². The van der Waals surface area contributed by atoms with Gasteiger partial charge in [-0.2, -0.15) is 16.8 Å². The van der Waals surface area contributed by atoms with Gasteiger partial charge in [0.2, 0.25) is 0 Å². The fourth-order valence-electron chi connectivity index (χ4n) is 4.40. The van der Waals surface area contributed by atoms with E-state index in [9.17, 15) is 35.7 Å². The molecule has 3 aliphatic rings. The summed E-state index contributed by atoms with van der Waals surface area (Å²) in [5, 5.41) is 70.9. The summed E-state index contributed by atoms with van der Waals surface area (Å²) in [5.41, 5.74) is 23.5. The first-order valence-corrected chi connectivity index (χ1v) is 15.0. The van der Waals surface area contributed by atoms with Crippen molar-refractivity contribution >= 4 is 20.8 Å². The molecule has 0 aromatic rings. The second kappa shape index (κ2) is 17.9. The summed E-state index contributed by atoms with van der Waals surface area (Å²) in [4.78, 5) is 0. The first kappa shape index (κ1) is 43.1. The number of ether oxygens (including phenoxy) is 4. The average Bonchev–Trinajstić information content (AvgIpc) is 2.86. The maximum atomic E-state index is 10.9. The average molecular weight is 699 g/mol. The molecule has 2 saturated heterocycles. The number of aliphatic hydroxyl groups excluding tert-OH is 7. The van der Waals surface area contributed by atoms with E-state index >= 15 is 0 Å². The fraction of sp³-hybridized carbons (Fsp3) is 1.00. The molecular weight excluding hydrogens is 656 g/mol. The Balaban J connectivity index is 0.00000146. The van der Waals surface area contributed by atoms with E-state index in [1.54, 1.807) is 0 Å². The van der Waals surface area contributed by atoms with Crippen molar-refractivity contribution in [3.8, 4) is 0 Å². The van der Waals surface area contributed by atoms with Gasteiger partial charge in [0, 0.05) is 18.6 Å². The molecule has 3 rings (SSSR count). The Kier molecular flexibility index (Phi) is 17.5. The topological polar surface area (TPSA) is 463 Å². The van der Waals surface area contributed by atoms with Crippen LogP contribution in [0.5, 0.6) is 0 Å². The van der Waals surface area contributed by atoms with Crippen molar-refractivity contribution in [1.82, 2.24) is 0 Å². The highest BCUT2D eigenvalue weighted by atomic mass is 32.3. The van der Waals surface area contributed by atoms with E-state index in [0.717, 1.165) is 0 Å². The van der Waals surface area contributed by atoms with E-state index in [-0.39, 0.29) is 18.4 Å². The van der Waals surface area contributed by atoms with E-state index in [1.165, 1.54) is 0 Å². The molecule has 0 bridgehead atoms. The summed E-state index contributed by atoms with van der Waals surface area (Å²) >= 11 is 0. The van der Waals surface area contributed by atoms with Gasteiger partial charge in [-0.1, -0.05) is 0 Å². The van der Waals surface area contributed by atoms with E-state index in [2.05, 4.69) is 0 Å². The molecule has 266 valence electrons. The number of aliphatic hydroxyl groups is 7. The van der Waals surface area contributed by atoms with Gasteiger partial charge < -0.3 is 83.1 Å². The SMILES string of the molecule is NC[C@H]1OC(O[C@H]2[C@H](O)[C@@H](O[C@H]3O[C@H](CO)[C@@H](O)[C@H](N)[C@H]3O)[C@H](N)C[C@@H]2N)[C@H](O)[C@@H](O)[C@@H]1O.O.O=S(=O)(O)O.O=S(=O)(O)O. The molecule has 44 heavy (non-hydrogen) atoms. The van der Waals surface area contributed by atoms with Gasteiger partial charge in [0.1, 0.15) is 61.0 Å². The van der Waals surface area contributed by atoms with Gasteiger partial charge in [0.05, 0.1) is 12.6 Å². The lowest BCUT2D eigenvalue weighted by atomic mass is 9.84. The second-order valence-corrected chi connectivity index (χ2v) is 11.5. The van der Waals surface area contributed by atoms with Crippen LogP contribution in [0.1, 0.15) is 6.42 Å². The molecular formula is C18H42N4O20S2. The normalized spacial score (nSPS) is 42.9. The van der Waals surface area contributed by atoms with Crippen molar-refractivity contribution < 1.29 is 95.2 Å². The molecule has 15 atom stereocenters. The van der Waals surface area contributed by atoms with Gasteiger partial charge in [0.25, 0.3) is 0 Å². The predicted molar refractivity (Wildman–Crippen MR) is 140 cm³/mol. The van der Waals surface area contributed by atoms with Crippen molar-refractivity contribution in [3.05, 3.63) is 0 Å². The highest BCUT2D eigenvalue weighted by Crippen LogP contribution is 2.31. The van der Waals surface area contributed by atoms with E-state index in [1.807, 2.05) is 0 Å². The Morgan fingerprint density at radius 3 is 1.41 bits per heavy atom. The number of hydrogen-bond acceptors (Lipinski definition) is 19. The zero-order valence-corrected chi connectivity index (χ0v) is 24.2. The molecule has 1 saturated carbocycles. The zero-order valence-electron chi connectivity index (χ0n) is 22.6. The monoisotopic (exact) mass is 698 g/mol. The number of nitrogens with two attached hydrogens (primary N) is 4. The van der Waals surface area contributed by atoms with Crippen molar-refractivity contribution in [3.63, 3.8) is 0 Å². The molecule has 1 unspecified atom stereocenters. The molecule has 0 aromatic carbocycles. The molecule has 0 aromatic heterocycles. The zero-order chi connectivity index (χ0) is 33.6. The first-order chi connectivity index (χ1) is 19.5. The molecule has 0 spiro atoms. The summed E-state index contributed by atoms with van der Waals surface area (Å²) in [5.74, 6) is 0. The van der Waals surface area contributed by atoms with Crippen LogP contribution in [-0.4, -0.2) is 181 Å². The molecule has 1 aliphatic carbocycles. The van der Waals surface area contributed by atoms with Crippen molar-refractivity contribution in [2.75, 3.05) is 13.2 Å². The van der Waals surface area contributed by atoms with Gasteiger partial charge in [-0.05, 0) is 6.42 Å². The van der Waals surface area contributed by atoms with Crippen LogP contribution in [0.4, 0.5) is 0 Å². The summed E-state index contributed by atoms with van der Waals surface area (Å²) in [7, 11) is -9.33. The molecule has 26 heteroatoms. The third kappa shape index (κ3) is 13.1. The van der Waals surface area contributed by atoms with Crippen LogP contribution in [0, 0.1) is 0 Å². The van der Waals surface area contributed by atoms with E-state index in [4.69, 9.17) is 76.9 Å². The molecule has 0 radical (unpaired) electrons. The quantitative estimate of drug-likeness (QED) is 0.114. The minimum Gasteiger partial charge on any atom is -0.412 e. The highest BCUT2D eigenvalue weighted by Gasteiger charge is 2.51. The van der Waals surface area contributed by atoms with Crippen LogP contribution < -0.4 is 22.9 Å². The number of rotatable bonds is 6. The molecule has 3 fully saturated rings. The number of hydrogen-bond donors (Lipinski definition) is 15. The van der Waals surface area contributed by atoms with Gasteiger partial charge in [-0.25, -0.2) is 0 Å². The summed E-state index contributed by atoms with van der Waals surface area (Å²) in [6.45, 7) is -0.763. The lowest BCUT2D eigenvalue weighted by Gasteiger charge is -2.48. The molecule has 21 N–H and O–H groups in total. The maximum Gasteiger partial charge on any atom is 0.394 e. The minimum atomic E-state index is -4.67. The molecule has 2 heterocycles. The smallest absolute Gasteiger partial charge is 0.394 e. The Morgan fingerprint density at radius 1 is 0.636 bits per heavy atom. The van der Waals surface area contributed by atoms with Crippen LogP contribution in [0.2, 0.25) is 0 Å². The van der Waals surface area contributed by atoms with E-state index in [0.29, 0.717) is 0 Å². The van der Waals surface area contributed by atoms with Crippen molar-refractivity contribution in [1.29, 1.82) is 0 Å². The first-order valence-electron chi connectivity index (χ1n) is 12.2. The van der Waals surface area contributed by atoms with E-state index < -0.39 is 119 Å². The van der Waals surface area contributed by atoms with Gasteiger partial charge in [-0.15, -0.1) is 0 Å². The summed E-state index contributed by atoms with van der Waals surface area (Å²) < 4.78 is 85.4. The molecule has 0 amide bonds. The van der Waals surface area contributed by atoms with Crippen LogP contribution >= 0.6 is 0 Å². The fourth-order valence-corrected chi connectivity index (χ4v) is 4.40. The lowest BCUT2D eigenvalue weighted by molar-refractivity contribution is -0.332. The molecule has 24 nitrogen and oxygen atoms in total. The third-order valence-electron chi connectivity index (χ3n) is 6.48. The largest absolute Gasteiger partial charge is 0.412 e. The van der Waals surface area contributed by atoms with Crippen LogP contribution in [0.25, 0.3) is 0 Å². The summed E-state index contributed by atoms with van der Waals surface area (Å²) in [6, 6.07) is -2.86. The van der Waals surface area contributed by atoms with Crippen LogP contribution in [0.15, 0.2) is 0 Å². The van der Waals surface area contributed by atoms with Gasteiger partial charge in [0.15, 0.2) is 12.6 Å². The van der Waals surface area contributed by atoms with Crippen LogP contribution in [0.3, 0.4) is 0 Å². The predicted octanol–water partition coefficient (Wildman–Crippen LogP) is -9.42. The standard InChI is InChI=1S/C18H36N4O11.2H2O4S.H2O/c19-2-6-10(25)12(27)13(28)18(30-6)33-16-5(21)1-4(20)15(14(16)29)32-17-11(26)8(22)9(24)7(3-23)31-17;2*1-5(2,3)4;/h4-18,23-29H,1-3,19-22H2;2*(H2,1,2,3,4);1H2/t4-,5+,6-,7-,8+,9-,10-,11-,12+,13-,14-,15+,16-,17-,18?;;;/m1.../s1. The Morgan fingerprint density at radius 2 is 1.02 bits per heavy atom. The Bertz CT molecular complexity index is 959.